The predicted molar refractivity (Wildman–Crippen MR) is 110 cm³/mol. The molecule has 6 nitrogen and oxygen atoms in total. The Morgan fingerprint density at radius 2 is 1.87 bits per heavy atom. The van der Waals surface area contributed by atoms with Gasteiger partial charge in [0.15, 0.2) is 0 Å². The molecule has 1 amide bonds. The molecule has 1 saturated carbocycles. The third-order valence-electron chi connectivity index (χ3n) is 5.24. The fourth-order valence-electron chi connectivity index (χ4n) is 3.42. The molecule has 1 aromatic heterocycles. The molecule has 3 aromatic rings. The summed E-state index contributed by atoms with van der Waals surface area (Å²) in [5, 5.41) is 0. The Bertz CT molecular complexity index is 1200. The lowest BCUT2D eigenvalue weighted by Crippen LogP contribution is -2.23. The molecule has 30 heavy (non-hydrogen) atoms. The first-order chi connectivity index (χ1) is 14.3. The van der Waals surface area contributed by atoms with Crippen LogP contribution in [0.1, 0.15) is 23.5 Å². The van der Waals surface area contributed by atoms with Gasteiger partial charge in [0.2, 0.25) is 15.9 Å². The van der Waals surface area contributed by atoms with Gasteiger partial charge in [-0.05, 0) is 48.2 Å². The fourth-order valence-corrected chi connectivity index (χ4v) is 4.42. The van der Waals surface area contributed by atoms with Crippen LogP contribution in [-0.2, 0) is 21.4 Å². The van der Waals surface area contributed by atoms with E-state index in [2.05, 4.69) is 9.71 Å². The van der Waals surface area contributed by atoms with E-state index >= 15 is 0 Å². The van der Waals surface area contributed by atoms with Crippen molar-refractivity contribution in [3.8, 4) is 11.3 Å². The topological polar surface area (TPSA) is 102 Å². The summed E-state index contributed by atoms with van der Waals surface area (Å²) >= 11 is 0. The smallest absolute Gasteiger partial charge is 0.240 e. The van der Waals surface area contributed by atoms with Crippen LogP contribution in [0.3, 0.4) is 0 Å². The number of hydrogen-bond acceptors (Lipinski definition) is 4. The largest absolute Gasteiger partial charge is 0.369 e. The lowest BCUT2D eigenvalue weighted by Gasteiger charge is -2.09. The average molecular weight is 425 g/mol. The van der Waals surface area contributed by atoms with Crippen LogP contribution >= 0.6 is 0 Å². The number of carbonyl (C=O) groups excluding carboxylic acids is 1. The van der Waals surface area contributed by atoms with E-state index < -0.39 is 15.8 Å². The van der Waals surface area contributed by atoms with Crippen molar-refractivity contribution in [1.29, 1.82) is 0 Å². The van der Waals surface area contributed by atoms with Crippen molar-refractivity contribution in [1.82, 2.24) is 9.71 Å². The van der Waals surface area contributed by atoms with E-state index in [0.717, 1.165) is 17.5 Å². The zero-order chi connectivity index (χ0) is 21.3. The number of carbonyl (C=O) groups is 1. The molecule has 2 unspecified atom stereocenters. The van der Waals surface area contributed by atoms with Gasteiger partial charge >= 0.3 is 0 Å². The molecule has 0 saturated heterocycles. The van der Waals surface area contributed by atoms with Gasteiger partial charge in [-0.3, -0.25) is 9.78 Å². The molecule has 1 aliphatic rings. The predicted octanol–water partition coefficient (Wildman–Crippen LogP) is 2.96. The number of nitrogens with two attached hydrogens (primary N) is 1. The number of amides is 1. The third-order valence-corrected chi connectivity index (χ3v) is 6.66. The van der Waals surface area contributed by atoms with Crippen LogP contribution in [0.5, 0.6) is 0 Å². The summed E-state index contributed by atoms with van der Waals surface area (Å²) < 4.78 is 41.2. The van der Waals surface area contributed by atoms with Crippen molar-refractivity contribution in [2.75, 3.05) is 0 Å². The molecule has 1 fully saturated rings. The zero-order valence-corrected chi connectivity index (χ0v) is 16.8. The Hall–Kier alpha value is -3.10. The summed E-state index contributed by atoms with van der Waals surface area (Å²) in [7, 11) is -3.79. The third kappa shape index (κ3) is 4.24. The molecule has 8 heteroatoms. The molecule has 0 aliphatic heterocycles. The molecule has 1 aliphatic carbocycles. The fraction of sp³-hybridized carbons (Fsp3) is 0.182. The number of nitrogens with one attached hydrogen (secondary N) is 1. The summed E-state index contributed by atoms with van der Waals surface area (Å²) in [6, 6.07) is 16.1. The lowest BCUT2D eigenvalue weighted by atomic mass is 10.1. The Balaban J connectivity index is 1.49. The van der Waals surface area contributed by atoms with Crippen molar-refractivity contribution >= 4 is 15.9 Å². The maximum atomic E-state index is 13.7. The Morgan fingerprint density at radius 1 is 1.13 bits per heavy atom. The number of hydrogen-bond donors (Lipinski definition) is 2. The Kier molecular flexibility index (Phi) is 5.36. The van der Waals surface area contributed by atoms with Crippen LogP contribution in [0, 0.1) is 11.7 Å². The minimum Gasteiger partial charge on any atom is -0.369 e. The van der Waals surface area contributed by atoms with E-state index in [0.29, 0.717) is 5.69 Å². The minimum atomic E-state index is -3.79. The Labute approximate surface area is 174 Å². The molecule has 1 heterocycles. The van der Waals surface area contributed by atoms with E-state index in [-0.39, 0.29) is 34.7 Å². The van der Waals surface area contributed by atoms with E-state index in [1.165, 1.54) is 24.3 Å². The summed E-state index contributed by atoms with van der Waals surface area (Å²) in [4.78, 5) is 15.7. The van der Waals surface area contributed by atoms with E-state index in [1.807, 2.05) is 12.1 Å². The van der Waals surface area contributed by atoms with Gasteiger partial charge in [0, 0.05) is 29.8 Å². The first-order valence-corrected chi connectivity index (χ1v) is 10.9. The standard InChI is InChI=1S/C22H20FN3O3S/c23-20-4-2-1-3-16(20)13-26-30(28,29)17-7-5-14(6-8-17)21-11-15(9-10-25-21)18-12-19(18)22(24)27/h1-11,18-19,26H,12-13H2,(H2,24,27). The highest BCUT2D eigenvalue weighted by atomic mass is 32.2. The number of aromatic nitrogens is 1. The van der Waals surface area contributed by atoms with Gasteiger partial charge in [0.25, 0.3) is 0 Å². The number of nitrogens with zero attached hydrogens (tertiary/aromatic N) is 1. The van der Waals surface area contributed by atoms with Crippen molar-refractivity contribution in [3.63, 3.8) is 0 Å². The molecule has 154 valence electrons. The van der Waals surface area contributed by atoms with Gasteiger partial charge < -0.3 is 5.73 Å². The molecule has 0 bridgehead atoms. The quantitative estimate of drug-likeness (QED) is 0.608. The van der Waals surface area contributed by atoms with Crippen LogP contribution in [0.25, 0.3) is 11.3 Å². The number of rotatable bonds is 7. The molecule has 4 rings (SSSR count). The van der Waals surface area contributed by atoms with Crippen LogP contribution in [0.15, 0.2) is 71.8 Å². The summed E-state index contributed by atoms with van der Waals surface area (Å²) in [6.45, 7) is -0.136. The number of benzene rings is 2. The second-order valence-electron chi connectivity index (χ2n) is 7.27. The van der Waals surface area contributed by atoms with Gasteiger partial charge in [0.1, 0.15) is 5.82 Å². The second kappa shape index (κ2) is 7.97. The highest BCUT2D eigenvalue weighted by molar-refractivity contribution is 7.89. The van der Waals surface area contributed by atoms with Gasteiger partial charge in [0.05, 0.1) is 10.6 Å². The maximum absolute atomic E-state index is 13.7. The van der Waals surface area contributed by atoms with Gasteiger partial charge in [-0.25, -0.2) is 17.5 Å². The molecule has 2 atom stereocenters. The molecule has 0 spiro atoms. The zero-order valence-electron chi connectivity index (χ0n) is 16.0. The number of pyridine rings is 1. The first kappa shape index (κ1) is 20.2. The summed E-state index contributed by atoms with van der Waals surface area (Å²) in [6.07, 6.45) is 2.41. The van der Waals surface area contributed by atoms with Crippen LogP contribution in [0.2, 0.25) is 0 Å². The molecular weight excluding hydrogens is 405 g/mol. The van der Waals surface area contributed by atoms with E-state index in [1.54, 1.807) is 30.5 Å². The van der Waals surface area contributed by atoms with Crippen molar-refractivity contribution < 1.29 is 17.6 Å². The average Bonchev–Trinajstić information content (AvgIpc) is 3.55. The SMILES string of the molecule is NC(=O)C1CC1c1ccnc(-c2ccc(S(=O)(=O)NCc3ccccc3F)cc2)c1. The van der Waals surface area contributed by atoms with Crippen molar-refractivity contribution in [3.05, 3.63) is 83.8 Å². The van der Waals surface area contributed by atoms with E-state index in [9.17, 15) is 17.6 Å². The number of halogens is 1. The normalized spacial score (nSPS) is 18.2. The summed E-state index contributed by atoms with van der Waals surface area (Å²) in [5.74, 6) is -0.772. The number of sulfonamides is 1. The van der Waals surface area contributed by atoms with Crippen LogP contribution in [0.4, 0.5) is 4.39 Å². The maximum Gasteiger partial charge on any atom is 0.240 e. The summed E-state index contributed by atoms with van der Waals surface area (Å²) in [5.41, 5.74) is 8.06. The van der Waals surface area contributed by atoms with Gasteiger partial charge in [-0.1, -0.05) is 30.3 Å². The Morgan fingerprint density at radius 3 is 2.53 bits per heavy atom. The van der Waals surface area contributed by atoms with Gasteiger partial charge in [-0.15, -0.1) is 0 Å². The van der Waals surface area contributed by atoms with E-state index in [4.69, 9.17) is 5.73 Å². The molecule has 0 radical (unpaired) electrons. The highest BCUT2D eigenvalue weighted by Gasteiger charge is 2.42. The molecular formula is C22H20FN3O3S. The highest BCUT2D eigenvalue weighted by Crippen LogP contribution is 2.47. The van der Waals surface area contributed by atoms with Crippen molar-refractivity contribution in [2.45, 2.75) is 23.8 Å². The lowest BCUT2D eigenvalue weighted by molar-refractivity contribution is -0.119. The molecule has 2 aromatic carbocycles. The minimum absolute atomic E-state index is 0.0785. The van der Waals surface area contributed by atoms with Crippen molar-refractivity contribution in [2.24, 2.45) is 11.7 Å². The molecule has 3 N–H and O–H groups in total. The van der Waals surface area contributed by atoms with Gasteiger partial charge in [-0.2, -0.15) is 0 Å². The second-order valence-corrected chi connectivity index (χ2v) is 9.03. The monoisotopic (exact) mass is 425 g/mol. The number of primary amides is 1. The van der Waals surface area contributed by atoms with Crippen LogP contribution < -0.4 is 10.5 Å². The van der Waals surface area contributed by atoms with Crippen LogP contribution in [-0.4, -0.2) is 19.3 Å². The first-order valence-electron chi connectivity index (χ1n) is 9.44.